The van der Waals surface area contributed by atoms with Crippen LogP contribution in [0, 0.1) is 0 Å². The van der Waals surface area contributed by atoms with E-state index in [0.29, 0.717) is 21.9 Å². The molecule has 4 rings (SSSR count). The summed E-state index contributed by atoms with van der Waals surface area (Å²) in [6.07, 6.45) is -0.295. The number of hydrogen-bond acceptors (Lipinski definition) is 7. The molecule has 2 heterocycles. The van der Waals surface area contributed by atoms with Gasteiger partial charge in [-0.25, -0.2) is 5.48 Å². The van der Waals surface area contributed by atoms with Gasteiger partial charge in [0.2, 0.25) is 11.0 Å². The van der Waals surface area contributed by atoms with E-state index in [1.165, 1.54) is 16.2 Å². The normalized spacial score (nSPS) is 20.4. The molecule has 8 nitrogen and oxygen atoms in total. The monoisotopic (exact) mass is 498 g/mol. The van der Waals surface area contributed by atoms with Crippen LogP contribution in [-0.4, -0.2) is 44.3 Å². The predicted molar refractivity (Wildman–Crippen MR) is 127 cm³/mol. The lowest BCUT2D eigenvalue weighted by molar-refractivity contribution is -0.129. The van der Waals surface area contributed by atoms with E-state index >= 15 is 0 Å². The van der Waals surface area contributed by atoms with Crippen molar-refractivity contribution in [1.29, 1.82) is 0 Å². The summed E-state index contributed by atoms with van der Waals surface area (Å²) < 4.78 is 17.9. The van der Waals surface area contributed by atoms with Crippen molar-refractivity contribution >= 4 is 39.1 Å². The Kier molecular flexibility index (Phi) is 7.20. The highest BCUT2D eigenvalue weighted by Crippen LogP contribution is 2.39. The molecule has 2 atom stereocenters. The summed E-state index contributed by atoms with van der Waals surface area (Å²) in [5, 5.41) is 10.3. The first-order valence-electron chi connectivity index (χ1n) is 10.5. The molecular weight excluding hydrogens is 476 g/mol. The number of para-hydroxylation sites is 1. The molecule has 1 saturated heterocycles. The number of nitrogens with one attached hydrogen (secondary N) is 1. The van der Waals surface area contributed by atoms with Crippen LogP contribution in [0.5, 0.6) is 11.5 Å². The maximum atomic E-state index is 13.5. The Morgan fingerprint density at radius 3 is 2.41 bits per heavy atom. The first-order chi connectivity index (χ1) is 16.4. The Bertz CT molecular complexity index is 1200. The van der Waals surface area contributed by atoms with Crippen molar-refractivity contribution in [3.05, 3.63) is 82.6 Å². The van der Waals surface area contributed by atoms with Gasteiger partial charge in [-0.1, -0.05) is 36.4 Å². The molecule has 1 fully saturated rings. The number of rotatable bonds is 6. The van der Waals surface area contributed by atoms with Crippen molar-refractivity contribution in [2.24, 2.45) is 0 Å². The lowest BCUT2D eigenvalue weighted by atomic mass is 9.90. The van der Waals surface area contributed by atoms with Crippen molar-refractivity contribution in [2.75, 3.05) is 13.1 Å². The van der Waals surface area contributed by atoms with E-state index in [1.54, 1.807) is 59.4 Å². The van der Waals surface area contributed by atoms with E-state index in [1.807, 2.05) is 18.2 Å². The summed E-state index contributed by atoms with van der Waals surface area (Å²) in [4.78, 5) is 39.9. The minimum atomic E-state index is -2.14. The standard InChI is InChI=1S/C24H22N2O6S2/c27-21(25-30)15-24(17-8-10-19(11-9-17)32-18-5-2-1-3-6-18)12-13-26(16-22(28)34(24)31)23(29)20-7-4-14-33-20/h1-11,14,30H,12-13,15-16H2,(H,25,27). The molecule has 2 aromatic carbocycles. The molecule has 1 aliphatic heterocycles. The third-order valence-corrected chi connectivity index (χ3v) is 8.31. The number of nitrogens with zero attached hydrogens (tertiary/aromatic N) is 1. The van der Waals surface area contributed by atoms with Gasteiger partial charge in [0.15, 0.2) is 0 Å². The minimum absolute atomic E-state index is 0.0920. The average molecular weight is 499 g/mol. The summed E-state index contributed by atoms with van der Waals surface area (Å²) in [5.74, 6) is 0.0654. The largest absolute Gasteiger partial charge is 0.457 e. The zero-order chi connectivity index (χ0) is 24.1. The molecule has 1 aromatic heterocycles. The highest BCUT2D eigenvalue weighted by molar-refractivity contribution is 8.01. The Balaban J connectivity index is 1.65. The van der Waals surface area contributed by atoms with E-state index in [0.717, 1.165) is 0 Å². The van der Waals surface area contributed by atoms with Crippen LogP contribution >= 0.6 is 11.3 Å². The molecule has 0 aliphatic carbocycles. The number of carbonyl (C=O) groups is 3. The second kappa shape index (κ2) is 10.3. The zero-order valence-electron chi connectivity index (χ0n) is 18.0. The average Bonchev–Trinajstić information content (AvgIpc) is 3.37. The summed E-state index contributed by atoms with van der Waals surface area (Å²) in [5.41, 5.74) is 2.05. The van der Waals surface area contributed by atoms with Crippen molar-refractivity contribution in [2.45, 2.75) is 17.6 Å². The van der Waals surface area contributed by atoms with Gasteiger partial charge in [0.05, 0.1) is 22.6 Å². The third-order valence-electron chi connectivity index (χ3n) is 5.62. The van der Waals surface area contributed by atoms with Crippen molar-refractivity contribution in [3.8, 4) is 11.5 Å². The fraction of sp³-hybridized carbons (Fsp3) is 0.208. The number of hydrogen-bond donors (Lipinski definition) is 2. The van der Waals surface area contributed by atoms with Crippen molar-refractivity contribution in [3.63, 3.8) is 0 Å². The highest BCUT2D eigenvalue weighted by atomic mass is 32.2. The molecule has 2 unspecified atom stereocenters. The lowest BCUT2D eigenvalue weighted by Crippen LogP contribution is -2.40. The van der Waals surface area contributed by atoms with E-state index < -0.39 is 26.6 Å². The molecule has 0 radical (unpaired) electrons. The number of ether oxygens (including phenoxy) is 1. The van der Waals surface area contributed by atoms with Gasteiger partial charge in [-0.05, 0) is 47.7 Å². The lowest BCUT2D eigenvalue weighted by Gasteiger charge is -2.30. The molecule has 34 heavy (non-hydrogen) atoms. The van der Waals surface area contributed by atoms with Crippen LogP contribution in [-0.2, 0) is 25.1 Å². The molecule has 1 aliphatic rings. The van der Waals surface area contributed by atoms with E-state index in [4.69, 9.17) is 9.94 Å². The summed E-state index contributed by atoms with van der Waals surface area (Å²) >= 11 is 1.26. The Hall–Kier alpha value is -3.34. The highest BCUT2D eigenvalue weighted by Gasteiger charge is 2.47. The van der Waals surface area contributed by atoms with Gasteiger partial charge in [0, 0.05) is 6.54 Å². The summed E-state index contributed by atoms with van der Waals surface area (Å²) in [7, 11) is -2.14. The summed E-state index contributed by atoms with van der Waals surface area (Å²) in [6, 6.07) is 19.2. The SMILES string of the molecule is O=C(CC1(c2ccc(Oc3ccccc3)cc2)CCN(C(=O)c2cccs2)CC(=O)S1=O)NO. The van der Waals surface area contributed by atoms with E-state index in [9.17, 15) is 18.6 Å². The number of carbonyl (C=O) groups excluding carboxylic acids is 3. The molecule has 0 bridgehead atoms. The van der Waals surface area contributed by atoms with Gasteiger partial charge in [-0.2, -0.15) is 0 Å². The van der Waals surface area contributed by atoms with Gasteiger partial charge in [0.25, 0.3) is 5.91 Å². The van der Waals surface area contributed by atoms with Crippen LogP contribution in [0.15, 0.2) is 72.1 Å². The molecule has 2 amide bonds. The number of thiophene rings is 1. The molecule has 10 heteroatoms. The van der Waals surface area contributed by atoms with Crippen molar-refractivity contribution in [1.82, 2.24) is 10.4 Å². The second-order valence-corrected chi connectivity index (χ2v) is 10.5. The van der Waals surface area contributed by atoms with E-state index in [2.05, 4.69) is 0 Å². The number of benzene rings is 2. The number of amides is 2. The Morgan fingerprint density at radius 2 is 1.76 bits per heavy atom. The molecular formula is C24H22N2O6S2. The van der Waals surface area contributed by atoms with Gasteiger partial charge in [0.1, 0.15) is 22.3 Å². The maximum absolute atomic E-state index is 13.5. The van der Waals surface area contributed by atoms with Gasteiger partial charge >= 0.3 is 0 Å². The van der Waals surface area contributed by atoms with Gasteiger partial charge in [-0.3, -0.25) is 23.8 Å². The Labute approximate surface area is 202 Å². The van der Waals surface area contributed by atoms with Crippen LogP contribution < -0.4 is 10.2 Å². The molecule has 176 valence electrons. The van der Waals surface area contributed by atoms with Crippen LogP contribution in [0.25, 0.3) is 0 Å². The molecule has 2 N–H and O–H groups in total. The smallest absolute Gasteiger partial charge is 0.264 e. The topological polar surface area (TPSA) is 113 Å². The molecule has 0 saturated carbocycles. The van der Waals surface area contributed by atoms with E-state index in [-0.39, 0.29) is 31.8 Å². The van der Waals surface area contributed by atoms with Crippen LogP contribution in [0.1, 0.15) is 28.1 Å². The quantitative estimate of drug-likeness (QED) is 0.398. The fourth-order valence-corrected chi connectivity index (χ4v) is 6.20. The van der Waals surface area contributed by atoms with Gasteiger partial charge < -0.3 is 9.64 Å². The predicted octanol–water partition coefficient (Wildman–Crippen LogP) is 3.45. The number of hydroxylamine groups is 1. The summed E-state index contributed by atoms with van der Waals surface area (Å²) in [6.45, 7) is -0.198. The molecule has 0 spiro atoms. The molecule has 3 aromatic rings. The third kappa shape index (κ3) is 4.93. The van der Waals surface area contributed by atoms with Crippen LogP contribution in [0.4, 0.5) is 0 Å². The fourth-order valence-electron chi connectivity index (χ4n) is 3.91. The zero-order valence-corrected chi connectivity index (χ0v) is 19.6. The Morgan fingerprint density at radius 1 is 1.06 bits per heavy atom. The first kappa shape index (κ1) is 23.8. The first-order valence-corrected chi connectivity index (χ1v) is 12.5. The maximum Gasteiger partial charge on any atom is 0.264 e. The van der Waals surface area contributed by atoms with Crippen LogP contribution in [0.2, 0.25) is 0 Å². The van der Waals surface area contributed by atoms with Gasteiger partial charge in [-0.15, -0.1) is 11.3 Å². The van der Waals surface area contributed by atoms with Crippen LogP contribution in [0.3, 0.4) is 0 Å². The second-order valence-electron chi connectivity index (χ2n) is 7.74. The minimum Gasteiger partial charge on any atom is -0.457 e. The van der Waals surface area contributed by atoms with Crippen molar-refractivity contribution < 1.29 is 28.5 Å².